The van der Waals surface area contributed by atoms with Crippen LogP contribution in [0, 0.1) is 0 Å². The minimum atomic E-state index is -0.910. The second kappa shape index (κ2) is 8.79. The molecule has 0 amide bonds. The topological polar surface area (TPSA) is 53.5 Å². The van der Waals surface area contributed by atoms with E-state index in [4.69, 9.17) is 13.8 Å². The minimum absolute atomic E-state index is 0.600. The first-order valence-electron chi connectivity index (χ1n) is 7.26. The Kier molecular flexibility index (Phi) is 6.72. The van der Waals surface area contributed by atoms with Crippen LogP contribution in [0.3, 0.4) is 0 Å². The number of hydrogen-bond donors (Lipinski definition) is 0. The summed E-state index contributed by atoms with van der Waals surface area (Å²) in [7, 11) is 0.706. The highest BCUT2D eigenvalue weighted by atomic mass is 31.2. The molecule has 5 nitrogen and oxygen atoms in total. The minimum Gasteiger partial charge on any atom is -0.481 e. The zero-order chi connectivity index (χ0) is 15.8. The van der Waals surface area contributed by atoms with Gasteiger partial charge in [0.25, 0.3) is 0 Å². The summed E-state index contributed by atoms with van der Waals surface area (Å²) in [6, 6.07) is 7.87. The summed E-state index contributed by atoms with van der Waals surface area (Å²) in [6.07, 6.45) is 4.24. The number of nitrogens with zero attached hydrogens (tertiary/aromatic N) is 2. The first-order valence-corrected chi connectivity index (χ1v) is 8.62. The third-order valence-corrected chi connectivity index (χ3v) is 4.61. The van der Waals surface area contributed by atoms with E-state index in [-0.39, 0.29) is 0 Å². The maximum atomic E-state index is 5.61. The van der Waals surface area contributed by atoms with Crippen LogP contribution >= 0.6 is 8.38 Å². The normalized spacial score (nSPS) is 10.9. The maximum Gasteiger partial charge on any atom is 0.221 e. The lowest BCUT2D eigenvalue weighted by atomic mass is 10.1. The molecule has 0 bridgehead atoms. The second-order valence-electron chi connectivity index (χ2n) is 4.42. The van der Waals surface area contributed by atoms with Crippen molar-refractivity contribution in [3.05, 3.63) is 42.4 Å². The maximum absolute atomic E-state index is 5.61. The molecule has 0 atom stereocenters. The molecule has 118 valence electrons. The molecule has 0 radical (unpaired) electrons. The summed E-state index contributed by atoms with van der Waals surface area (Å²) in [4.78, 5) is 8.71. The Bertz CT molecular complexity index is 572. The summed E-state index contributed by atoms with van der Waals surface area (Å²) in [5, 5.41) is 0. The van der Waals surface area contributed by atoms with Gasteiger partial charge in [-0.1, -0.05) is 6.07 Å². The van der Waals surface area contributed by atoms with E-state index in [1.165, 1.54) is 0 Å². The molecule has 2 heterocycles. The zero-order valence-electron chi connectivity index (χ0n) is 13.2. The van der Waals surface area contributed by atoms with Crippen LogP contribution in [-0.4, -0.2) is 30.3 Å². The Morgan fingerprint density at radius 2 is 1.82 bits per heavy atom. The molecular weight excluding hydrogens is 299 g/mol. The zero-order valence-corrected chi connectivity index (χ0v) is 14.0. The first-order chi connectivity index (χ1) is 10.8. The van der Waals surface area contributed by atoms with Gasteiger partial charge in [-0.2, -0.15) is 0 Å². The van der Waals surface area contributed by atoms with Crippen molar-refractivity contribution in [2.24, 2.45) is 0 Å². The number of hydrogen-bond acceptors (Lipinski definition) is 5. The molecule has 2 rings (SSSR count). The monoisotopic (exact) mass is 320 g/mol. The highest BCUT2D eigenvalue weighted by molar-refractivity contribution is 7.46. The van der Waals surface area contributed by atoms with Crippen molar-refractivity contribution in [1.82, 2.24) is 9.97 Å². The van der Waals surface area contributed by atoms with Gasteiger partial charge in [-0.15, -0.1) is 0 Å². The smallest absolute Gasteiger partial charge is 0.221 e. The molecule has 2 aromatic rings. The lowest BCUT2D eigenvalue weighted by Crippen LogP contribution is -1.97. The van der Waals surface area contributed by atoms with Crippen molar-refractivity contribution in [2.75, 3.05) is 20.3 Å². The molecule has 0 saturated carbocycles. The Labute approximate surface area is 132 Å². The van der Waals surface area contributed by atoms with E-state index in [0.717, 1.165) is 16.8 Å². The van der Waals surface area contributed by atoms with Crippen LogP contribution in [-0.2, 0) is 15.2 Å². The fraction of sp³-hybridized carbons (Fsp3) is 0.375. The summed E-state index contributed by atoms with van der Waals surface area (Å²) >= 11 is 0. The van der Waals surface area contributed by atoms with Crippen LogP contribution in [0.15, 0.2) is 36.7 Å². The van der Waals surface area contributed by atoms with Crippen molar-refractivity contribution in [2.45, 2.75) is 20.0 Å². The Morgan fingerprint density at radius 3 is 2.41 bits per heavy atom. The number of rotatable bonds is 8. The van der Waals surface area contributed by atoms with Gasteiger partial charge < -0.3 is 13.8 Å². The van der Waals surface area contributed by atoms with Crippen molar-refractivity contribution in [1.29, 1.82) is 0 Å². The quantitative estimate of drug-likeness (QED) is 0.687. The van der Waals surface area contributed by atoms with Crippen LogP contribution in [0.2, 0.25) is 0 Å². The van der Waals surface area contributed by atoms with Crippen molar-refractivity contribution in [3.63, 3.8) is 0 Å². The molecule has 0 saturated heterocycles. The molecule has 0 aliphatic carbocycles. The van der Waals surface area contributed by atoms with Crippen molar-refractivity contribution >= 4 is 8.38 Å². The van der Waals surface area contributed by atoms with Gasteiger partial charge in [-0.05, 0) is 32.0 Å². The molecule has 0 aliphatic heterocycles. The Hall–Kier alpha value is -1.55. The van der Waals surface area contributed by atoms with E-state index in [2.05, 4.69) is 9.97 Å². The van der Waals surface area contributed by atoms with E-state index in [1.807, 2.05) is 44.3 Å². The number of aromatic nitrogens is 2. The summed E-state index contributed by atoms with van der Waals surface area (Å²) in [5.74, 6) is 0.600. The van der Waals surface area contributed by atoms with E-state index in [0.29, 0.717) is 25.3 Å². The van der Waals surface area contributed by atoms with Crippen LogP contribution in [0.4, 0.5) is 0 Å². The molecule has 2 aromatic heterocycles. The van der Waals surface area contributed by atoms with Gasteiger partial charge in [0.1, 0.15) is 0 Å². The van der Waals surface area contributed by atoms with Gasteiger partial charge >= 0.3 is 0 Å². The predicted molar refractivity (Wildman–Crippen MR) is 87.9 cm³/mol. The molecule has 0 unspecified atom stereocenters. The lowest BCUT2D eigenvalue weighted by Gasteiger charge is -2.15. The van der Waals surface area contributed by atoms with E-state index < -0.39 is 8.38 Å². The van der Waals surface area contributed by atoms with Crippen molar-refractivity contribution in [3.8, 4) is 17.0 Å². The van der Waals surface area contributed by atoms with Crippen LogP contribution in [0.1, 0.15) is 19.5 Å². The van der Waals surface area contributed by atoms with Crippen LogP contribution in [0.5, 0.6) is 5.88 Å². The SMILES string of the molecule is CCOP(Cc1ccc(-c2cccnc2OC)cn1)OCC. The Morgan fingerprint density at radius 1 is 1.05 bits per heavy atom. The molecular formula is C16H21N2O3P. The molecule has 0 aliphatic rings. The van der Waals surface area contributed by atoms with Gasteiger partial charge in [0.2, 0.25) is 5.88 Å². The molecule has 6 heteroatoms. The Balaban J connectivity index is 2.12. The van der Waals surface area contributed by atoms with Gasteiger partial charge in [0, 0.05) is 29.2 Å². The first kappa shape index (κ1) is 16.8. The highest BCUT2D eigenvalue weighted by Crippen LogP contribution is 2.41. The molecule has 0 spiro atoms. The third kappa shape index (κ3) is 4.47. The largest absolute Gasteiger partial charge is 0.481 e. The summed E-state index contributed by atoms with van der Waals surface area (Å²) in [6.45, 7) is 5.24. The fourth-order valence-electron chi connectivity index (χ4n) is 2.00. The highest BCUT2D eigenvalue weighted by Gasteiger charge is 2.12. The summed E-state index contributed by atoms with van der Waals surface area (Å²) < 4.78 is 16.5. The summed E-state index contributed by atoms with van der Waals surface area (Å²) in [5.41, 5.74) is 2.87. The third-order valence-electron chi connectivity index (χ3n) is 2.94. The van der Waals surface area contributed by atoms with Crippen LogP contribution < -0.4 is 4.74 Å². The fourth-order valence-corrected chi connectivity index (χ4v) is 3.28. The molecule has 0 fully saturated rings. The van der Waals surface area contributed by atoms with Gasteiger partial charge in [0.15, 0.2) is 8.38 Å². The molecule has 0 N–H and O–H groups in total. The average molecular weight is 320 g/mol. The molecule has 0 aromatic carbocycles. The molecule has 22 heavy (non-hydrogen) atoms. The number of ether oxygens (including phenoxy) is 1. The number of methoxy groups -OCH3 is 1. The van der Waals surface area contributed by atoms with E-state index in [1.54, 1.807) is 13.3 Å². The van der Waals surface area contributed by atoms with Crippen LogP contribution in [0.25, 0.3) is 11.1 Å². The van der Waals surface area contributed by atoms with Crippen molar-refractivity contribution < 1.29 is 13.8 Å². The number of pyridine rings is 2. The standard InChI is InChI=1S/C16H21N2O3P/c1-4-20-22(21-5-2)12-14-9-8-13(11-18-14)15-7-6-10-17-16(15)19-3/h6-11H,4-5,12H2,1-3H3. The van der Waals surface area contributed by atoms with Gasteiger partial charge in [-0.25, -0.2) is 4.98 Å². The van der Waals surface area contributed by atoms with E-state index >= 15 is 0 Å². The van der Waals surface area contributed by atoms with Gasteiger partial charge in [0.05, 0.1) is 26.5 Å². The van der Waals surface area contributed by atoms with E-state index in [9.17, 15) is 0 Å². The second-order valence-corrected chi connectivity index (χ2v) is 5.92. The predicted octanol–water partition coefficient (Wildman–Crippen LogP) is 4.04. The average Bonchev–Trinajstić information content (AvgIpc) is 2.56. The van der Waals surface area contributed by atoms with Gasteiger partial charge in [-0.3, -0.25) is 4.98 Å². The lowest BCUT2D eigenvalue weighted by molar-refractivity contribution is 0.268.